The maximum absolute atomic E-state index is 13.6. The highest BCUT2D eigenvalue weighted by Crippen LogP contribution is 2.38. The van der Waals surface area contributed by atoms with Crippen molar-refractivity contribution in [3.8, 4) is 17.6 Å². The summed E-state index contributed by atoms with van der Waals surface area (Å²) in [5, 5.41) is 12.6. The van der Waals surface area contributed by atoms with E-state index in [0.717, 1.165) is 51.9 Å². The summed E-state index contributed by atoms with van der Waals surface area (Å²) in [6.45, 7) is -0.0524. The molecule has 0 spiro atoms. The smallest absolute Gasteiger partial charge is 0.256 e. The monoisotopic (exact) mass is 461 g/mol. The molecule has 5 rings (SSSR count). The fourth-order valence-electron chi connectivity index (χ4n) is 4.41. The third-order valence-corrected chi connectivity index (χ3v) is 6.02. The number of ether oxygens (including phenoxy) is 2. The second-order valence-electron chi connectivity index (χ2n) is 8.20. The number of nitriles is 1. The lowest BCUT2D eigenvalue weighted by atomic mass is 9.99. The van der Waals surface area contributed by atoms with E-state index in [0.29, 0.717) is 17.0 Å². The highest BCUT2D eigenvalue weighted by molar-refractivity contribution is 6.14. The number of nitrogens with one attached hydrogen (secondary N) is 1. The molecule has 1 amide bonds. The molecule has 4 aromatic rings. The number of hydrogen-bond acceptors (Lipinski definition) is 5. The topological polar surface area (TPSA) is 84.2 Å². The van der Waals surface area contributed by atoms with E-state index in [-0.39, 0.29) is 12.5 Å². The summed E-state index contributed by atoms with van der Waals surface area (Å²) in [6.07, 6.45) is 3.68. The van der Waals surface area contributed by atoms with Crippen LogP contribution in [0, 0.1) is 11.3 Å². The summed E-state index contributed by atoms with van der Waals surface area (Å²) < 4.78 is 10.6. The second-order valence-corrected chi connectivity index (χ2v) is 8.20. The zero-order valence-corrected chi connectivity index (χ0v) is 19.2. The fraction of sp³-hybridized carbons (Fsp3) is 0.138. The van der Waals surface area contributed by atoms with Gasteiger partial charge >= 0.3 is 0 Å². The first-order valence-electron chi connectivity index (χ1n) is 11.3. The number of para-hydroxylation sites is 1. The molecule has 1 aromatic heterocycles. The van der Waals surface area contributed by atoms with Crippen LogP contribution in [0.15, 0.2) is 72.8 Å². The first-order valence-corrected chi connectivity index (χ1v) is 11.3. The number of fused-ring (bicyclic) bond motifs is 2. The number of nitrogens with zero attached hydrogens (tertiary/aromatic N) is 2. The van der Waals surface area contributed by atoms with Gasteiger partial charge in [-0.15, -0.1) is 0 Å². The van der Waals surface area contributed by atoms with Gasteiger partial charge in [-0.05, 0) is 65.9 Å². The van der Waals surface area contributed by atoms with Crippen LogP contribution in [-0.4, -0.2) is 24.6 Å². The van der Waals surface area contributed by atoms with Crippen molar-refractivity contribution in [2.45, 2.75) is 12.8 Å². The zero-order chi connectivity index (χ0) is 24.2. The predicted octanol–water partition coefficient (Wildman–Crippen LogP) is 5.88. The van der Waals surface area contributed by atoms with Gasteiger partial charge in [0.2, 0.25) is 0 Å². The van der Waals surface area contributed by atoms with E-state index in [1.807, 2.05) is 54.6 Å². The van der Waals surface area contributed by atoms with Crippen molar-refractivity contribution in [1.29, 1.82) is 5.26 Å². The number of amides is 1. The van der Waals surface area contributed by atoms with Crippen LogP contribution in [0.25, 0.3) is 22.6 Å². The van der Waals surface area contributed by atoms with Crippen LogP contribution < -0.4 is 14.8 Å². The van der Waals surface area contributed by atoms with Gasteiger partial charge in [0.05, 0.1) is 23.9 Å². The number of hydrogen-bond donors (Lipinski definition) is 1. The van der Waals surface area contributed by atoms with Crippen molar-refractivity contribution in [3.63, 3.8) is 0 Å². The predicted molar refractivity (Wildman–Crippen MR) is 136 cm³/mol. The van der Waals surface area contributed by atoms with Gasteiger partial charge in [0.1, 0.15) is 17.6 Å². The molecule has 1 aliphatic rings. The molecule has 0 unspecified atom stereocenters. The quantitative estimate of drug-likeness (QED) is 0.387. The SMILES string of the molecule is COc1ccc(C=C2CCc3c2nc2ccccc2c3C(=O)Nc2cccc(OCC#N)c2)cc1. The lowest BCUT2D eigenvalue weighted by Crippen LogP contribution is -2.15. The van der Waals surface area contributed by atoms with E-state index in [1.54, 1.807) is 31.4 Å². The minimum Gasteiger partial charge on any atom is -0.497 e. The summed E-state index contributed by atoms with van der Waals surface area (Å²) in [5.74, 6) is 1.14. The third kappa shape index (κ3) is 4.57. The lowest BCUT2D eigenvalue weighted by molar-refractivity contribution is 0.102. The van der Waals surface area contributed by atoms with Gasteiger partial charge in [0.15, 0.2) is 6.61 Å². The first kappa shape index (κ1) is 22.2. The number of benzene rings is 3. The zero-order valence-electron chi connectivity index (χ0n) is 19.2. The summed E-state index contributed by atoms with van der Waals surface area (Å²) in [4.78, 5) is 18.5. The standard InChI is InChI=1S/C29H23N3O3/c1-34-22-12-9-19(10-13-22)17-20-11-14-25-27(24-7-2-3-8-26(24)32-28(20)25)29(33)31-21-5-4-6-23(18-21)35-16-15-30/h2-10,12-13,17-18H,11,14,16H2,1H3,(H,31,33). The molecule has 172 valence electrons. The van der Waals surface area contributed by atoms with E-state index >= 15 is 0 Å². The fourth-order valence-corrected chi connectivity index (χ4v) is 4.41. The maximum Gasteiger partial charge on any atom is 0.256 e. The van der Waals surface area contributed by atoms with Gasteiger partial charge in [-0.3, -0.25) is 4.79 Å². The Kier molecular flexibility index (Phi) is 6.15. The third-order valence-electron chi connectivity index (χ3n) is 6.02. The molecule has 6 heteroatoms. The van der Waals surface area contributed by atoms with Crippen molar-refractivity contribution in [3.05, 3.63) is 95.2 Å². The molecule has 1 aliphatic carbocycles. The number of allylic oxidation sites excluding steroid dienone is 1. The van der Waals surface area contributed by atoms with E-state index < -0.39 is 0 Å². The Morgan fingerprint density at radius 2 is 1.89 bits per heavy atom. The molecular weight excluding hydrogens is 438 g/mol. The average Bonchev–Trinajstić information content (AvgIpc) is 3.28. The van der Waals surface area contributed by atoms with Gasteiger partial charge in [0, 0.05) is 17.1 Å². The largest absolute Gasteiger partial charge is 0.497 e. The molecule has 1 heterocycles. The number of anilines is 1. The summed E-state index contributed by atoms with van der Waals surface area (Å²) in [7, 11) is 1.65. The molecule has 0 aliphatic heterocycles. The van der Waals surface area contributed by atoms with Crippen LogP contribution in [0.1, 0.15) is 33.6 Å². The molecule has 0 fully saturated rings. The summed E-state index contributed by atoms with van der Waals surface area (Å²) in [5.41, 5.74) is 6.03. The Balaban J connectivity index is 1.53. The van der Waals surface area contributed by atoms with Crippen LogP contribution in [0.4, 0.5) is 5.69 Å². The normalized spacial score (nSPS) is 13.3. The number of carbonyl (C=O) groups is 1. The summed E-state index contributed by atoms with van der Waals surface area (Å²) in [6, 6.07) is 24.6. The summed E-state index contributed by atoms with van der Waals surface area (Å²) >= 11 is 0. The molecule has 3 aromatic carbocycles. The van der Waals surface area contributed by atoms with Crippen LogP contribution in [0.3, 0.4) is 0 Å². The number of pyridine rings is 1. The first-order chi connectivity index (χ1) is 17.2. The van der Waals surface area contributed by atoms with Gasteiger partial charge in [-0.1, -0.05) is 36.4 Å². The van der Waals surface area contributed by atoms with E-state index in [2.05, 4.69) is 11.4 Å². The second kappa shape index (κ2) is 9.70. The van der Waals surface area contributed by atoms with Gasteiger partial charge in [-0.2, -0.15) is 5.26 Å². The number of aromatic nitrogens is 1. The number of carbonyl (C=O) groups excluding carboxylic acids is 1. The molecular formula is C29H23N3O3. The minimum absolute atomic E-state index is 0.0524. The van der Waals surface area contributed by atoms with Gasteiger partial charge < -0.3 is 14.8 Å². The highest BCUT2D eigenvalue weighted by Gasteiger charge is 2.27. The molecule has 0 atom stereocenters. The van der Waals surface area contributed by atoms with Crippen LogP contribution in [0.2, 0.25) is 0 Å². The van der Waals surface area contributed by atoms with Gasteiger partial charge in [-0.25, -0.2) is 4.98 Å². The highest BCUT2D eigenvalue weighted by atomic mass is 16.5. The van der Waals surface area contributed by atoms with Crippen molar-refractivity contribution in [2.24, 2.45) is 0 Å². The van der Waals surface area contributed by atoms with Crippen molar-refractivity contribution < 1.29 is 14.3 Å². The average molecular weight is 462 g/mol. The van der Waals surface area contributed by atoms with Crippen molar-refractivity contribution in [2.75, 3.05) is 19.0 Å². The Morgan fingerprint density at radius 3 is 2.69 bits per heavy atom. The van der Waals surface area contributed by atoms with E-state index in [9.17, 15) is 4.79 Å². The van der Waals surface area contributed by atoms with Crippen molar-refractivity contribution in [1.82, 2.24) is 4.98 Å². The van der Waals surface area contributed by atoms with Crippen LogP contribution in [0.5, 0.6) is 11.5 Å². The minimum atomic E-state index is -0.192. The van der Waals surface area contributed by atoms with Gasteiger partial charge in [0.25, 0.3) is 5.91 Å². The van der Waals surface area contributed by atoms with Crippen LogP contribution in [-0.2, 0) is 6.42 Å². The Labute approximate surface area is 203 Å². The number of rotatable bonds is 6. The van der Waals surface area contributed by atoms with E-state index in [1.165, 1.54) is 0 Å². The Hall–Kier alpha value is -4.63. The molecule has 1 N–H and O–H groups in total. The molecule has 0 bridgehead atoms. The Bertz CT molecular complexity index is 1480. The van der Waals surface area contributed by atoms with Crippen LogP contribution >= 0.6 is 0 Å². The molecule has 0 saturated heterocycles. The lowest BCUT2D eigenvalue weighted by Gasteiger charge is -2.13. The maximum atomic E-state index is 13.6. The number of methoxy groups -OCH3 is 1. The molecule has 0 radical (unpaired) electrons. The molecule has 6 nitrogen and oxygen atoms in total. The van der Waals surface area contributed by atoms with Crippen molar-refractivity contribution >= 4 is 34.1 Å². The Morgan fingerprint density at radius 1 is 1.06 bits per heavy atom. The molecule has 35 heavy (non-hydrogen) atoms. The van der Waals surface area contributed by atoms with E-state index in [4.69, 9.17) is 19.7 Å². The molecule has 0 saturated carbocycles.